The predicted molar refractivity (Wildman–Crippen MR) is 146 cm³/mol. The van der Waals surface area contributed by atoms with Gasteiger partial charge in [0.25, 0.3) is 5.78 Å². The monoisotopic (exact) mass is 511 g/mol. The Morgan fingerprint density at radius 2 is 1.66 bits per heavy atom. The Hall–Kier alpha value is -4.59. The number of benzene rings is 3. The fraction of sp³-hybridized carbons (Fsp3) is 0.233. The molecule has 3 aromatic carbocycles. The maximum atomic E-state index is 13.5. The Kier molecular flexibility index (Phi) is 6.63. The highest BCUT2D eigenvalue weighted by molar-refractivity contribution is 6.51. The number of fused-ring (bicyclic) bond motifs is 1. The van der Waals surface area contributed by atoms with Gasteiger partial charge in [-0.1, -0.05) is 19.1 Å². The molecule has 1 fully saturated rings. The summed E-state index contributed by atoms with van der Waals surface area (Å²) < 4.78 is 10.9. The summed E-state index contributed by atoms with van der Waals surface area (Å²) in [5.74, 6) is -0.316. The summed E-state index contributed by atoms with van der Waals surface area (Å²) in [6.07, 6.45) is 0.869. The third-order valence-corrected chi connectivity index (χ3v) is 6.79. The van der Waals surface area contributed by atoms with E-state index in [0.717, 1.165) is 23.1 Å². The van der Waals surface area contributed by atoms with Gasteiger partial charge in [-0.2, -0.15) is 0 Å². The first-order valence-electron chi connectivity index (χ1n) is 12.5. The van der Waals surface area contributed by atoms with Crippen molar-refractivity contribution in [1.29, 1.82) is 0 Å². The fourth-order valence-electron chi connectivity index (χ4n) is 4.61. The third kappa shape index (κ3) is 4.38. The first-order chi connectivity index (χ1) is 18.3. The molecule has 4 aromatic rings. The number of carbonyl (C=O) groups is 2. The minimum absolute atomic E-state index is 0.0183. The number of ketones is 1. The van der Waals surface area contributed by atoms with Crippen molar-refractivity contribution in [2.24, 2.45) is 0 Å². The molecule has 8 heteroatoms. The van der Waals surface area contributed by atoms with E-state index < -0.39 is 17.7 Å². The summed E-state index contributed by atoms with van der Waals surface area (Å²) in [5, 5.41) is 11.4. The topological polar surface area (TPSA) is 105 Å². The number of H-pyrrole nitrogens is 1. The molecule has 0 aliphatic carbocycles. The quantitative estimate of drug-likeness (QED) is 0.190. The Labute approximate surface area is 220 Å². The van der Waals surface area contributed by atoms with Crippen molar-refractivity contribution < 1.29 is 24.2 Å². The largest absolute Gasteiger partial charge is 0.507 e. The maximum absolute atomic E-state index is 13.5. The van der Waals surface area contributed by atoms with Crippen LogP contribution in [-0.2, 0) is 9.59 Å². The maximum Gasteiger partial charge on any atom is 0.302 e. The SMILES string of the molecule is CCCOc1ccc(/C(O)=C2\C(=O)C(=O)N(c3nc4cc(C)c(C)cc4[nH]3)C2c2ccc(OC)cc2)cc1. The van der Waals surface area contributed by atoms with Crippen molar-refractivity contribution in [1.82, 2.24) is 9.97 Å². The Morgan fingerprint density at radius 1 is 1.00 bits per heavy atom. The highest BCUT2D eigenvalue weighted by Gasteiger charge is 2.48. The zero-order valence-corrected chi connectivity index (χ0v) is 21.7. The Bertz CT molecular complexity index is 1510. The number of aryl methyl sites for hydroxylation is 2. The lowest BCUT2D eigenvalue weighted by molar-refractivity contribution is -0.132. The van der Waals surface area contributed by atoms with Gasteiger partial charge in [-0.15, -0.1) is 0 Å². The van der Waals surface area contributed by atoms with Gasteiger partial charge in [-0.3, -0.25) is 14.5 Å². The molecule has 5 rings (SSSR count). The van der Waals surface area contributed by atoms with E-state index in [2.05, 4.69) is 9.97 Å². The average molecular weight is 512 g/mol. The minimum atomic E-state index is -0.903. The fourth-order valence-corrected chi connectivity index (χ4v) is 4.61. The molecule has 0 bridgehead atoms. The second-order valence-corrected chi connectivity index (χ2v) is 9.33. The molecule has 0 spiro atoms. The summed E-state index contributed by atoms with van der Waals surface area (Å²) in [4.78, 5) is 36.1. The van der Waals surface area contributed by atoms with Gasteiger partial charge in [0.2, 0.25) is 5.95 Å². The molecule has 1 aromatic heterocycles. The van der Waals surface area contributed by atoms with Crippen molar-refractivity contribution in [3.8, 4) is 11.5 Å². The average Bonchev–Trinajstić information content (AvgIpc) is 3.44. The number of amides is 1. The Morgan fingerprint density at radius 3 is 2.32 bits per heavy atom. The molecule has 38 heavy (non-hydrogen) atoms. The molecular weight excluding hydrogens is 482 g/mol. The van der Waals surface area contributed by atoms with Gasteiger partial charge in [-0.25, -0.2) is 4.98 Å². The second kappa shape index (κ2) is 10.0. The molecule has 1 amide bonds. The van der Waals surface area contributed by atoms with E-state index in [0.29, 0.717) is 34.7 Å². The number of aromatic amines is 1. The Balaban J connectivity index is 1.65. The lowest BCUT2D eigenvalue weighted by atomic mass is 9.95. The number of aliphatic hydroxyl groups is 1. The standard InChI is InChI=1S/C30H29N3O5/c1-5-14-38-22-12-8-20(9-13-22)27(34)25-26(19-6-10-21(37-4)11-7-19)33(29(36)28(25)35)30-31-23-15-17(2)18(3)16-24(23)32-30/h6-13,15-16,26,34H,5,14H2,1-4H3,(H,31,32)/b27-25+. The zero-order chi connectivity index (χ0) is 27.0. The number of imidazole rings is 1. The van der Waals surface area contributed by atoms with Gasteiger partial charge < -0.3 is 19.6 Å². The van der Waals surface area contributed by atoms with Crippen LogP contribution in [-0.4, -0.2) is 40.5 Å². The number of hydrogen-bond acceptors (Lipinski definition) is 6. The first kappa shape index (κ1) is 25.1. The van der Waals surface area contributed by atoms with Crippen LogP contribution < -0.4 is 14.4 Å². The van der Waals surface area contributed by atoms with Crippen molar-refractivity contribution in [2.45, 2.75) is 33.2 Å². The van der Waals surface area contributed by atoms with Crippen molar-refractivity contribution in [2.75, 3.05) is 18.6 Å². The lowest BCUT2D eigenvalue weighted by Crippen LogP contribution is -2.30. The number of rotatable bonds is 7. The van der Waals surface area contributed by atoms with Gasteiger partial charge in [0.1, 0.15) is 17.3 Å². The van der Waals surface area contributed by atoms with E-state index >= 15 is 0 Å². The van der Waals surface area contributed by atoms with Crippen LogP contribution in [0.15, 0.2) is 66.2 Å². The second-order valence-electron chi connectivity index (χ2n) is 9.33. The van der Waals surface area contributed by atoms with Gasteiger partial charge in [0.05, 0.1) is 36.4 Å². The van der Waals surface area contributed by atoms with Crippen molar-refractivity contribution >= 4 is 34.4 Å². The number of Topliss-reactive ketones (excluding diaryl/α,β-unsaturated/α-hetero) is 1. The van der Waals surface area contributed by atoms with E-state index in [1.807, 2.05) is 32.9 Å². The van der Waals surface area contributed by atoms with Crippen molar-refractivity contribution in [3.05, 3.63) is 88.5 Å². The molecule has 1 saturated heterocycles. The molecule has 1 aliphatic rings. The van der Waals surface area contributed by atoms with E-state index in [1.54, 1.807) is 55.6 Å². The van der Waals surface area contributed by atoms with Crippen LogP contribution in [0, 0.1) is 13.8 Å². The molecule has 194 valence electrons. The first-order valence-corrected chi connectivity index (χ1v) is 12.5. The number of hydrogen-bond donors (Lipinski definition) is 2. The number of nitrogens with zero attached hydrogens (tertiary/aromatic N) is 2. The number of nitrogens with one attached hydrogen (secondary N) is 1. The predicted octanol–water partition coefficient (Wildman–Crippen LogP) is 5.60. The molecule has 0 saturated carbocycles. The summed E-state index contributed by atoms with van der Waals surface area (Å²) >= 11 is 0. The normalized spacial score (nSPS) is 16.8. The molecule has 0 radical (unpaired) electrons. The number of aromatic nitrogens is 2. The van der Waals surface area contributed by atoms with E-state index in [9.17, 15) is 14.7 Å². The smallest absolute Gasteiger partial charge is 0.302 e. The number of aliphatic hydroxyl groups excluding tert-OH is 1. The van der Waals surface area contributed by atoms with Crippen LogP contribution in [0.1, 0.15) is 41.6 Å². The molecule has 1 aliphatic heterocycles. The van der Waals surface area contributed by atoms with Crippen LogP contribution in [0.3, 0.4) is 0 Å². The van der Waals surface area contributed by atoms with E-state index in [-0.39, 0.29) is 17.3 Å². The molecule has 8 nitrogen and oxygen atoms in total. The minimum Gasteiger partial charge on any atom is -0.507 e. The van der Waals surface area contributed by atoms with Crippen LogP contribution in [0.4, 0.5) is 5.95 Å². The van der Waals surface area contributed by atoms with Crippen LogP contribution in [0.5, 0.6) is 11.5 Å². The summed E-state index contributed by atoms with van der Waals surface area (Å²) in [7, 11) is 1.56. The molecule has 2 heterocycles. The molecule has 1 unspecified atom stereocenters. The van der Waals surface area contributed by atoms with Gasteiger partial charge in [0.15, 0.2) is 0 Å². The van der Waals surface area contributed by atoms with E-state index in [1.165, 1.54) is 4.90 Å². The van der Waals surface area contributed by atoms with Gasteiger partial charge in [-0.05, 0) is 85.5 Å². The number of ether oxygens (including phenoxy) is 2. The molecule has 2 N–H and O–H groups in total. The molecular formula is C30H29N3O5. The number of carbonyl (C=O) groups excluding carboxylic acids is 2. The highest BCUT2D eigenvalue weighted by Crippen LogP contribution is 2.42. The number of methoxy groups -OCH3 is 1. The van der Waals surface area contributed by atoms with Gasteiger partial charge in [0, 0.05) is 5.56 Å². The third-order valence-electron chi connectivity index (χ3n) is 6.79. The summed E-state index contributed by atoms with van der Waals surface area (Å²) in [6, 6.07) is 16.8. The van der Waals surface area contributed by atoms with Crippen LogP contribution in [0.2, 0.25) is 0 Å². The van der Waals surface area contributed by atoms with Crippen LogP contribution in [0.25, 0.3) is 16.8 Å². The van der Waals surface area contributed by atoms with Gasteiger partial charge >= 0.3 is 5.91 Å². The summed E-state index contributed by atoms with van der Waals surface area (Å²) in [5.41, 5.74) is 4.59. The number of anilines is 1. The summed E-state index contributed by atoms with van der Waals surface area (Å²) in [6.45, 7) is 6.58. The van der Waals surface area contributed by atoms with Crippen LogP contribution >= 0.6 is 0 Å². The van der Waals surface area contributed by atoms with E-state index in [4.69, 9.17) is 9.47 Å². The highest BCUT2D eigenvalue weighted by atomic mass is 16.5. The van der Waals surface area contributed by atoms with Crippen molar-refractivity contribution in [3.63, 3.8) is 0 Å². The molecule has 1 atom stereocenters. The zero-order valence-electron chi connectivity index (χ0n) is 21.7. The lowest BCUT2D eigenvalue weighted by Gasteiger charge is -2.23.